The molecule has 18 heavy (non-hydrogen) atoms. The van der Waals surface area contributed by atoms with E-state index in [1.165, 1.54) is 0 Å². The van der Waals surface area contributed by atoms with Gasteiger partial charge in [-0.1, -0.05) is 18.2 Å². The van der Waals surface area contributed by atoms with Crippen LogP contribution in [-0.2, 0) is 6.54 Å². The molecule has 0 fully saturated rings. The number of H-pyrrole nitrogens is 1. The van der Waals surface area contributed by atoms with Crippen molar-refractivity contribution in [2.75, 3.05) is 7.11 Å². The Bertz CT molecular complexity index is 549. The van der Waals surface area contributed by atoms with Crippen molar-refractivity contribution in [1.82, 2.24) is 15.5 Å². The van der Waals surface area contributed by atoms with Crippen molar-refractivity contribution in [2.45, 2.75) is 13.5 Å². The summed E-state index contributed by atoms with van der Waals surface area (Å²) in [5, 5.41) is 9.44. The molecule has 1 amide bonds. The minimum absolute atomic E-state index is 0.203. The molecule has 2 rings (SSSR count). The summed E-state index contributed by atoms with van der Waals surface area (Å²) in [6.45, 7) is 2.26. The van der Waals surface area contributed by atoms with Crippen LogP contribution in [0.1, 0.15) is 21.7 Å². The van der Waals surface area contributed by atoms with E-state index in [4.69, 9.17) is 4.74 Å². The number of nitrogens with one attached hydrogen (secondary N) is 2. The van der Waals surface area contributed by atoms with Crippen molar-refractivity contribution >= 4 is 5.91 Å². The molecule has 2 N–H and O–H groups in total. The van der Waals surface area contributed by atoms with E-state index in [0.717, 1.165) is 17.0 Å². The lowest BCUT2D eigenvalue weighted by atomic mass is 10.2. The van der Waals surface area contributed by atoms with Crippen LogP contribution < -0.4 is 10.1 Å². The van der Waals surface area contributed by atoms with Crippen molar-refractivity contribution < 1.29 is 9.53 Å². The van der Waals surface area contributed by atoms with Gasteiger partial charge in [0.15, 0.2) is 0 Å². The second kappa shape index (κ2) is 5.35. The van der Waals surface area contributed by atoms with Gasteiger partial charge in [-0.15, -0.1) is 0 Å². The number of aromatic nitrogens is 2. The summed E-state index contributed by atoms with van der Waals surface area (Å²) in [5.74, 6) is 0.557. The topological polar surface area (TPSA) is 67.0 Å². The molecule has 5 nitrogen and oxygen atoms in total. The normalized spacial score (nSPS) is 10.1. The van der Waals surface area contributed by atoms with Crippen LogP contribution in [0.25, 0.3) is 0 Å². The number of aryl methyl sites for hydroxylation is 1. The van der Waals surface area contributed by atoms with Crippen molar-refractivity contribution in [2.24, 2.45) is 0 Å². The van der Waals surface area contributed by atoms with Gasteiger partial charge in [0.1, 0.15) is 11.4 Å². The van der Waals surface area contributed by atoms with Gasteiger partial charge < -0.3 is 10.1 Å². The average molecular weight is 245 g/mol. The maximum absolute atomic E-state index is 11.8. The van der Waals surface area contributed by atoms with Gasteiger partial charge in [-0.2, -0.15) is 5.10 Å². The number of methoxy groups -OCH3 is 1. The Kier molecular flexibility index (Phi) is 3.62. The van der Waals surface area contributed by atoms with E-state index in [0.29, 0.717) is 12.2 Å². The fourth-order valence-corrected chi connectivity index (χ4v) is 1.65. The highest BCUT2D eigenvalue weighted by Gasteiger charge is 2.09. The summed E-state index contributed by atoms with van der Waals surface area (Å²) in [6.07, 6.45) is 0. The van der Waals surface area contributed by atoms with Crippen molar-refractivity contribution in [3.63, 3.8) is 0 Å². The summed E-state index contributed by atoms with van der Waals surface area (Å²) in [5.41, 5.74) is 2.18. The zero-order valence-corrected chi connectivity index (χ0v) is 10.4. The molecule has 0 aliphatic rings. The highest BCUT2D eigenvalue weighted by Crippen LogP contribution is 2.16. The number of benzene rings is 1. The first kappa shape index (κ1) is 12.2. The molecule has 94 valence electrons. The number of para-hydroxylation sites is 1. The molecule has 0 saturated carbocycles. The van der Waals surface area contributed by atoms with E-state index >= 15 is 0 Å². The lowest BCUT2D eigenvalue weighted by Crippen LogP contribution is -2.23. The highest BCUT2D eigenvalue weighted by atomic mass is 16.5. The first-order chi connectivity index (χ1) is 8.70. The van der Waals surface area contributed by atoms with Gasteiger partial charge in [-0.25, -0.2) is 0 Å². The molecule has 0 atom stereocenters. The molecule has 0 aliphatic carbocycles. The molecule has 1 aromatic carbocycles. The average Bonchev–Trinajstić information content (AvgIpc) is 2.83. The quantitative estimate of drug-likeness (QED) is 0.860. The van der Waals surface area contributed by atoms with E-state index in [9.17, 15) is 4.79 Å². The van der Waals surface area contributed by atoms with Gasteiger partial charge >= 0.3 is 0 Å². The van der Waals surface area contributed by atoms with E-state index in [1.807, 2.05) is 31.2 Å². The van der Waals surface area contributed by atoms with Gasteiger partial charge in [0.2, 0.25) is 0 Å². The van der Waals surface area contributed by atoms with Gasteiger partial charge in [-0.3, -0.25) is 9.89 Å². The molecule has 0 bridgehead atoms. The zero-order valence-electron chi connectivity index (χ0n) is 10.4. The molecule has 2 aromatic rings. The second-order valence-electron chi connectivity index (χ2n) is 3.93. The Morgan fingerprint density at radius 3 is 2.89 bits per heavy atom. The fraction of sp³-hybridized carbons (Fsp3) is 0.231. The molecular weight excluding hydrogens is 230 g/mol. The number of carbonyl (C=O) groups excluding carboxylic acids is 1. The van der Waals surface area contributed by atoms with E-state index in [1.54, 1.807) is 13.2 Å². The van der Waals surface area contributed by atoms with Crippen LogP contribution in [0, 0.1) is 6.92 Å². The third kappa shape index (κ3) is 2.68. The first-order valence-corrected chi connectivity index (χ1v) is 5.63. The second-order valence-corrected chi connectivity index (χ2v) is 3.93. The Hall–Kier alpha value is -2.30. The van der Waals surface area contributed by atoms with Crippen molar-refractivity contribution in [1.29, 1.82) is 0 Å². The van der Waals surface area contributed by atoms with Gasteiger partial charge in [0.25, 0.3) is 5.91 Å². The minimum atomic E-state index is -0.203. The Labute approximate surface area is 105 Å². The number of hydrogen-bond donors (Lipinski definition) is 2. The van der Waals surface area contributed by atoms with Crippen LogP contribution in [0.2, 0.25) is 0 Å². The van der Waals surface area contributed by atoms with Gasteiger partial charge in [0, 0.05) is 17.8 Å². The number of amides is 1. The number of hydrogen-bond acceptors (Lipinski definition) is 3. The van der Waals surface area contributed by atoms with E-state index < -0.39 is 0 Å². The van der Waals surface area contributed by atoms with Crippen molar-refractivity contribution in [3.05, 3.63) is 47.3 Å². The standard InChI is InChI=1S/C13H15N3O2/c1-9-7-11(16-15-9)13(17)14-8-10-5-3-4-6-12(10)18-2/h3-7H,8H2,1-2H3,(H,14,17)(H,15,16). The van der Waals surface area contributed by atoms with Crippen LogP contribution in [-0.4, -0.2) is 23.2 Å². The summed E-state index contributed by atoms with van der Waals surface area (Å²) in [6, 6.07) is 9.27. The van der Waals surface area contributed by atoms with Crippen LogP contribution in [0.15, 0.2) is 30.3 Å². The smallest absolute Gasteiger partial charge is 0.272 e. The molecule has 1 aromatic heterocycles. The summed E-state index contributed by atoms with van der Waals surface area (Å²) < 4.78 is 5.21. The summed E-state index contributed by atoms with van der Waals surface area (Å²) in [7, 11) is 1.61. The molecule has 1 heterocycles. The number of aromatic amines is 1. The molecule has 0 radical (unpaired) electrons. The van der Waals surface area contributed by atoms with Crippen molar-refractivity contribution in [3.8, 4) is 5.75 Å². The van der Waals surface area contributed by atoms with Crippen LogP contribution in [0.3, 0.4) is 0 Å². The Morgan fingerprint density at radius 2 is 2.22 bits per heavy atom. The maximum atomic E-state index is 11.8. The minimum Gasteiger partial charge on any atom is -0.496 e. The van der Waals surface area contributed by atoms with Crippen LogP contribution >= 0.6 is 0 Å². The molecule has 0 saturated heterocycles. The fourth-order valence-electron chi connectivity index (χ4n) is 1.65. The molecule has 0 unspecified atom stereocenters. The van der Waals surface area contributed by atoms with Gasteiger partial charge in [-0.05, 0) is 19.1 Å². The molecule has 0 aliphatic heterocycles. The number of nitrogens with zero attached hydrogens (tertiary/aromatic N) is 1. The monoisotopic (exact) mass is 245 g/mol. The summed E-state index contributed by atoms with van der Waals surface area (Å²) >= 11 is 0. The largest absolute Gasteiger partial charge is 0.496 e. The number of ether oxygens (including phenoxy) is 1. The first-order valence-electron chi connectivity index (χ1n) is 5.63. The molecule has 0 spiro atoms. The summed E-state index contributed by atoms with van der Waals surface area (Å²) in [4.78, 5) is 11.8. The predicted molar refractivity (Wildman–Crippen MR) is 67.5 cm³/mol. The Balaban J connectivity index is 2.01. The number of carbonyl (C=O) groups is 1. The number of rotatable bonds is 4. The lowest BCUT2D eigenvalue weighted by molar-refractivity contribution is 0.0945. The third-order valence-corrected chi connectivity index (χ3v) is 2.57. The zero-order chi connectivity index (χ0) is 13.0. The Morgan fingerprint density at radius 1 is 1.44 bits per heavy atom. The SMILES string of the molecule is COc1ccccc1CNC(=O)c1cc(C)[nH]n1. The van der Waals surface area contributed by atoms with Crippen LogP contribution in [0.4, 0.5) is 0 Å². The highest BCUT2D eigenvalue weighted by molar-refractivity contribution is 5.92. The van der Waals surface area contributed by atoms with Gasteiger partial charge in [0.05, 0.1) is 7.11 Å². The van der Waals surface area contributed by atoms with E-state index in [-0.39, 0.29) is 5.91 Å². The van der Waals surface area contributed by atoms with Crippen LogP contribution in [0.5, 0.6) is 5.75 Å². The molecular formula is C13H15N3O2. The third-order valence-electron chi connectivity index (χ3n) is 2.57. The molecule has 5 heteroatoms. The lowest BCUT2D eigenvalue weighted by Gasteiger charge is -2.08. The van der Waals surface area contributed by atoms with E-state index in [2.05, 4.69) is 15.5 Å². The maximum Gasteiger partial charge on any atom is 0.272 e. The predicted octanol–water partition coefficient (Wildman–Crippen LogP) is 1.66.